The van der Waals surface area contributed by atoms with Gasteiger partial charge in [0.05, 0.1) is 25.7 Å². The lowest BCUT2D eigenvalue weighted by Gasteiger charge is -2.43. The molecule has 0 amide bonds. The number of aromatic hydroxyl groups is 1. The summed E-state index contributed by atoms with van der Waals surface area (Å²) in [4.78, 5) is 0. The van der Waals surface area contributed by atoms with Crippen LogP contribution in [0.25, 0.3) is 0 Å². The molecule has 2 aromatic carbocycles. The van der Waals surface area contributed by atoms with Crippen molar-refractivity contribution < 1.29 is 33.6 Å². The molecule has 144 valence electrons. The van der Waals surface area contributed by atoms with Crippen molar-refractivity contribution >= 4 is 0 Å². The lowest BCUT2D eigenvalue weighted by Crippen LogP contribution is -3.00. The van der Waals surface area contributed by atoms with Crippen molar-refractivity contribution in [1.29, 1.82) is 0 Å². The molecule has 0 radical (unpaired) electrons. The second-order valence-corrected chi connectivity index (χ2v) is 8.02. The number of phenolic OH excluding ortho intramolecular Hbond substituents is 1. The minimum Gasteiger partial charge on any atom is -1.00 e. The summed E-state index contributed by atoms with van der Waals surface area (Å²) < 4.78 is 1.04. The Bertz CT molecular complexity index is 674. The van der Waals surface area contributed by atoms with E-state index in [0.717, 1.165) is 28.6 Å². The van der Waals surface area contributed by atoms with Crippen LogP contribution >= 0.6 is 0 Å². The number of para-hydroxylation sites is 1. The first-order valence-electron chi connectivity index (χ1n) is 9.45. The zero-order valence-electron chi connectivity index (χ0n) is 17.0. The van der Waals surface area contributed by atoms with Crippen LogP contribution in [0, 0.1) is 6.92 Å². The zero-order valence-corrected chi connectivity index (χ0v) is 19.2. The molecule has 2 nitrogen and oxygen atoms in total. The summed E-state index contributed by atoms with van der Waals surface area (Å²) in [6, 6.07) is 17.9. The number of aryl methyl sites for hydroxylation is 1. The van der Waals surface area contributed by atoms with E-state index in [-0.39, 0.29) is 29.9 Å². The Morgan fingerprint density at radius 1 is 0.885 bits per heavy atom. The first-order valence-corrected chi connectivity index (χ1v) is 9.45. The molecule has 1 atom stereocenters. The number of halogens is 1. The molecule has 0 aliphatic carbocycles. The van der Waals surface area contributed by atoms with Gasteiger partial charge in [0.2, 0.25) is 0 Å². The molecule has 0 saturated carbocycles. The molecular formula is C23H34INO. The Balaban J connectivity index is 0.00000338. The van der Waals surface area contributed by atoms with Crippen LogP contribution in [0.4, 0.5) is 0 Å². The molecule has 0 saturated heterocycles. The van der Waals surface area contributed by atoms with E-state index >= 15 is 0 Å². The van der Waals surface area contributed by atoms with E-state index in [0.29, 0.717) is 17.8 Å². The highest BCUT2D eigenvalue weighted by Crippen LogP contribution is 2.36. The molecule has 0 spiro atoms. The molecule has 0 aliphatic heterocycles. The van der Waals surface area contributed by atoms with Crippen LogP contribution in [0.5, 0.6) is 5.75 Å². The zero-order chi connectivity index (χ0) is 18.6. The van der Waals surface area contributed by atoms with Crippen molar-refractivity contribution in [2.24, 2.45) is 0 Å². The highest BCUT2D eigenvalue weighted by atomic mass is 127. The molecule has 0 heterocycles. The fourth-order valence-corrected chi connectivity index (χ4v) is 3.67. The average molecular weight is 467 g/mol. The molecule has 0 aliphatic rings. The van der Waals surface area contributed by atoms with Crippen LogP contribution in [-0.2, 0) is 0 Å². The van der Waals surface area contributed by atoms with Crippen molar-refractivity contribution in [1.82, 2.24) is 0 Å². The monoisotopic (exact) mass is 467 g/mol. The van der Waals surface area contributed by atoms with E-state index in [9.17, 15) is 5.11 Å². The van der Waals surface area contributed by atoms with E-state index in [4.69, 9.17) is 0 Å². The minimum absolute atomic E-state index is 0. The largest absolute Gasteiger partial charge is 1.00 e. The molecule has 0 unspecified atom stereocenters. The maximum atomic E-state index is 10.7. The molecule has 0 aromatic heterocycles. The van der Waals surface area contributed by atoms with E-state index < -0.39 is 0 Å². The minimum atomic E-state index is 0. The van der Waals surface area contributed by atoms with Crippen LogP contribution in [0.2, 0.25) is 0 Å². The Labute approximate surface area is 176 Å². The first kappa shape index (κ1) is 23.0. The van der Waals surface area contributed by atoms with E-state index in [2.05, 4.69) is 77.2 Å². The molecule has 0 fully saturated rings. The van der Waals surface area contributed by atoms with Gasteiger partial charge < -0.3 is 33.6 Å². The summed E-state index contributed by atoms with van der Waals surface area (Å²) in [5.41, 5.74) is 3.27. The van der Waals surface area contributed by atoms with Gasteiger partial charge in [0.1, 0.15) is 5.75 Å². The SMILES string of the molecule is Cc1cccc([C@H](CC[N+](C)(C(C)C)C(C)C)c2ccccc2)c1O.[I-]. The summed E-state index contributed by atoms with van der Waals surface area (Å²) in [5.74, 6) is 0.663. The maximum Gasteiger partial charge on any atom is 0.122 e. The Kier molecular flexibility index (Phi) is 8.61. The summed E-state index contributed by atoms with van der Waals surface area (Å²) in [5, 5.41) is 10.7. The fourth-order valence-electron chi connectivity index (χ4n) is 3.67. The van der Waals surface area contributed by atoms with Crippen LogP contribution in [0.1, 0.15) is 56.7 Å². The predicted molar refractivity (Wildman–Crippen MR) is 107 cm³/mol. The normalized spacial score (nSPS) is 12.9. The van der Waals surface area contributed by atoms with Gasteiger partial charge in [0.25, 0.3) is 0 Å². The lowest BCUT2D eigenvalue weighted by atomic mass is 9.86. The van der Waals surface area contributed by atoms with Crippen LogP contribution in [0.3, 0.4) is 0 Å². The number of benzene rings is 2. The smallest absolute Gasteiger partial charge is 0.122 e. The summed E-state index contributed by atoms with van der Waals surface area (Å²) in [6.45, 7) is 12.3. The van der Waals surface area contributed by atoms with Crippen molar-refractivity contribution in [2.75, 3.05) is 13.6 Å². The predicted octanol–water partition coefficient (Wildman–Crippen LogP) is 2.49. The van der Waals surface area contributed by atoms with Crippen LogP contribution in [-0.4, -0.2) is 35.3 Å². The second-order valence-electron chi connectivity index (χ2n) is 8.02. The summed E-state index contributed by atoms with van der Waals surface area (Å²) in [6.07, 6.45) is 1.02. The van der Waals surface area contributed by atoms with Gasteiger partial charge in [-0.1, -0.05) is 48.5 Å². The summed E-state index contributed by atoms with van der Waals surface area (Å²) in [7, 11) is 2.35. The molecule has 2 rings (SSSR count). The summed E-state index contributed by atoms with van der Waals surface area (Å²) >= 11 is 0. The van der Waals surface area contributed by atoms with Gasteiger partial charge in [-0.2, -0.15) is 0 Å². The molecule has 1 N–H and O–H groups in total. The number of nitrogens with zero attached hydrogens (tertiary/aromatic N) is 1. The number of quaternary nitrogens is 1. The topological polar surface area (TPSA) is 20.2 Å². The van der Waals surface area contributed by atoms with Crippen molar-refractivity contribution in [2.45, 2.75) is 59.0 Å². The van der Waals surface area contributed by atoms with Crippen molar-refractivity contribution in [3.63, 3.8) is 0 Å². The highest BCUT2D eigenvalue weighted by molar-refractivity contribution is 5.45. The van der Waals surface area contributed by atoms with Crippen LogP contribution in [0.15, 0.2) is 48.5 Å². The standard InChI is InChI=1S/C23H33NO.HI/c1-17(2)24(6,18(3)4)16-15-21(20-12-8-7-9-13-20)22-14-10-11-19(5)23(22)25;/h7-14,17-18,21H,15-16H2,1-6H3;1H/t21-;/m1./s1. The third-order valence-corrected chi connectivity index (χ3v) is 6.11. The molecular weight excluding hydrogens is 433 g/mol. The highest BCUT2D eigenvalue weighted by Gasteiger charge is 2.31. The third-order valence-electron chi connectivity index (χ3n) is 6.11. The molecule has 3 heteroatoms. The Morgan fingerprint density at radius 2 is 1.46 bits per heavy atom. The maximum absolute atomic E-state index is 10.7. The second kappa shape index (κ2) is 9.75. The quantitative estimate of drug-likeness (QED) is 0.490. The van der Waals surface area contributed by atoms with Gasteiger partial charge in [-0.15, -0.1) is 0 Å². The van der Waals surface area contributed by atoms with Gasteiger partial charge in [-0.05, 0) is 45.7 Å². The van der Waals surface area contributed by atoms with Gasteiger partial charge in [0, 0.05) is 17.9 Å². The van der Waals surface area contributed by atoms with E-state index in [1.807, 2.05) is 13.0 Å². The number of rotatable bonds is 7. The van der Waals surface area contributed by atoms with Crippen molar-refractivity contribution in [3.05, 3.63) is 65.2 Å². The van der Waals surface area contributed by atoms with Crippen LogP contribution < -0.4 is 24.0 Å². The molecule has 26 heavy (non-hydrogen) atoms. The van der Waals surface area contributed by atoms with E-state index in [1.54, 1.807) is 0 Å². The Hall–Kier alpha value is -1.07. The molecule has 0 bridgehead atoms. The fraction of sp³-hybridized carbons (Fsp3) is 0.478. The van der Waals surface area contributed by atoms with Gasteiger partial charge in [0.15, 0.2) is 0 Å². The van der Waals surface area contributed by atoms with E-state index in [1.165, 1.54) is 5.56 Å². The van der Waals surface area contributed by atoms with Gasteiger partial charge in [-0.3, -0.25) is 0 Å². The number of hydrogen-bond acceptors (Lipinski definition) is 1. The lowest BCUT2D eigenvalue weighted by molar-refractivity contribution is -0.949. The number of hydrogen-bond donors (Lipinski definition) is 1. The number of phenols is 1. The Morgan fingerprint density at radius 3 is 2.00 bits per heavy atom. The van der Waals surface area contributed by atoms with Crippen molar-refractivity contribution in [3.8, 4) is 5.75 Å². The van der Waals surface area contributed by atoms with Gasteiger partial charge in [-0.25, -0.2) is 0 Å². The van der Waals surface area contributed by atoms with Gasteiger partial charge >= 0.3 is 0 Å². The first-order chi connectivity index (χ1) is 11.8. The average Bonchev–Trinajstić information content (AvgIpc) is 2.59. The third kappa shape index (κ3) is 5.01. The molecule has 2 aromatic rings.